The van der Waals surface area contributed by atoms with Crippen molar-refractivity contribution in [3.05, 3.63) is 30.1 Å². The lowest BCUT2D eigenvalue weighted by Gasteiger charge is -2.36. The molecule has 6 nitrogen and oxygen atoms in total. The second kappa shape index (κ2) is 7.29. The predicted molar refractivity (Wildman–Crippen MR) is 94.0 cm³/mol. The van der Waals surface area contributed by atoms with Crippen LogP contribution in [-0.2, 0) is 14.6 Å². The number of hydrogen-bond donors (Lipinski definition) is 2. The molecule has 2 fully saturated rings. The van der Waals surface area contributed by atoms with Gasteiger partial charge in [0.15, 0.2) is 15.9 Å². The zero-order chi connectivity index (χ0) is 18.0. The molecule has 1 amide bonds. The molecule has 2 atom stereocenters. The molecule has 3 rings (SSSR count). The van der Waals surface area contributed by atoms with Crippen LogP contribution in [0.1, 0.15) is 13.3 Å². The number of sulfone groups is 1. The first-order valence-corrected chi connectivity index (χ1v) is 10.5. The number of nitrogens with zero attached hydrogens (tertiary/aromatic N) is 1. The van der Waals surface area contributed by atoms with Gasteiger partial charge in [-0.3, -0.25) is 4.79 Å². The van der Waals surface area contributed by atoms with E-state index in [1.807, 2.05) is 6.92 Å². The molecule has 25 heavy (non-hydrogen) atoms. The van der Waals surface area contributed by atoms with Gasteiger partial charge >= 0.3 is 0 Å². The molecule has 0 saturated carbocycles. The Kier molecular flexibility index (Phi) is 5.29. The van der Waals surface area contributed by atoms with Crippen molar-refractivity contribution in [1.82, 2.24) is 5.32 Å². The van der Waals surface area contributed by atoms with Gasteiger partial charge < -0.3 is 15.1 Å². The number of carbonyl (C=O) groups excluding carboxylic acids is 1. The van der Waals surface area contributed by atoms with Gasteiger partial charge in [0.05, 0.1) is 37.7 Å². The minimum absolute atomic E-state index is 0.0547. The SMILES string of the molecule is C[C@@H](C(=O)N[C@@H]1CCS(=O)(=O)C1)[NH+]1CCN(c2ccc(F)cc2)CC1. The van der Waals surface area contributed by atoms with Gasteiger partial charge in [0, 0.05) is 11.7 Å². The summed E-state index contributed by atoms with van der Waals surface area (Å²) in [6.07, 6.45) is 0.508. The van der Waals surface area contributed by atoms with E-state index in [0.717, 1.165) is 31.9 Å². The van der Waals surface area contributed by atoms with Crippen LogP contribution in [0.2, 0.25) is 0 Å². The maximum absolute atomic E-state index is 13.0. The number of anilines is 1. The van der Waals surface area contributed by atoms with Gasteiger partial charge in [-0.2, -0.15) is 0 Å². The quantitative estimate of drug-likeness (QED) is 0.730. The van der Waals surface area contributed by atoms with Crippen molar-refractivity contribution in [2.75, 3.05) is 42.6 Å². The van der Waals surface area contributed by atoms with Crippen LogP contribution < -0.4 is 15.1 Å². The lowest BCUT2D eigenvalue weighted by atomic mass is 10.1. The Bertz CT molecular complexity index is 715. The highest BCUT2D eigenvalue weighted by Gasteiger charge is 2.33. The lowest BCUT2D eigenvalue weighted by Crippen LogP contribution is -3.19. The number of halogens is 1. The summed E-state index contributed by atoms with van der Waals surface area (Å²) in [7, 11) is -2.99. The highest BCUT2D eigenvalue weighted by molar-refractivity contribution is 7.91. The monoisotopic (exact) mass is 370 g/mol. The molecule has 1 aromatic carbocycles. The number of hydrogen-bond acceptors (Lipinski definition) is 4. The number of quaternary nitrogens is 1. The number of amides is 1. The molecule has 2 aliphatic heterocycles. The summed E-state index contributed by atoms with van der Waals surface area (Å²) in [4.78, 5) is 15.8. The Hall–Kier alpha value is -1.67. The maximum atomic E-state index is 13.0. The molecular weight excluding hydrogens is 345 g/mol. The Morgan fingerprint density at radius 1 is 1.28 bits per heavy atom. The molecule has 2 aliphatic rings. The average molecular weight is 370 g/mol. The van der Waals surface area contributed by atoms with Crippen LogP contribution in [0.15, 0.2) is 24.3 Å². The minimum atomic E-state index is -2.99. The van der Waals surface area contributed by atoms with Crippen molar-refractivity contribution in [2.24, 2.45) is 0 Å². The summed E-state index contributed by atoms with van der Waals surface area (Å²) < 4.78 is 36.0. The van der Waals surface area contributed by atoms with Gasteiger partial charge in [0.25, 0.3) is 5.91 Å². The third kappa shape index (κ3) is 4.49. The Morgan fingerprint density at radius 3 is 2.48 bits per heavy atom. The number of benzene rings is 1. The van der Waals surface area contributed by atoms with E-state index in [-0.39, 0.29) is 35.3 Å². The summed E-state index contributed by atoms with van der Waals surface area (Å²) in [6, 6.07) is 6.01. The van der Waals surface area contributed by atoms with Crippen LogP contribution in [0.25, 0.3) is 0 Å². The third-order valence-electron chi connectivity index (χ3n) is 5.18. The van der Waals surface area contributed by atoms with Crippen molar-refractivity contribution in [1.29, 1.82) is 0 Å². The van der Waals surface area contributed by atoms with E-state index >= 15 is 0 Å². The molecule has 0 aromatic heterocycles. The van der Waals surface area contributed by atoms with E-state index in [9.17, 15) is 17.6 Å². The molecule has 138 valence electrons. The van der Waals surface area contributed by atoms with E-state index < -0.39 is 9.84 Å². The Balaban J connectivity index is 1.50. The van der Waals surface area contributed by atoms with E-state index in [1.165, 1.54) is 17.0 Å². The zero-order valence-electron chi connectivity index (χ0n) is 14.4. The molecule has 8 heteroatoms. The second-order valence-corrected chi connectivity index (χ2v) is 9.18. The Labute approximate surface area is 147 Å². The lowest BCUT2D eigenvalue weighted by molar-refractivity contribution is -0.914. The number of carbonyl (C=O) groups is 1. The summed E-state index contributed by atoms with van der Waals surface area (Å²) in [5.74, 6) is -0.103. The average Bonchev–Trinajstić information content (AvgIpc) is 2.93. The molecule has 2 heterocycles. The van der Waals surface area contributed by atoms with Crippen molar-refractivity contribution in [3.63, 3.8) is 0 Å². The minimum Gasteiger partial charge on any atom is -0.360 e. The van der Waals surface area contributed by atoms with Crippen molar-refractivity contribution in [2.45, 2.75) is 25.4 Å². The highest BCUT2D eigenvalue weighted by Crippen LogP contribution is 2.14. The summed E-state index contributed by atoms with van der Waals surface area (Å²) >= 11 is 0. The smallest absolute Gasteiger partial charge is 0.278 e. The fraction of sp³-hybridized carbons (Fsp3) is 0.588. The van der Waals surface area contributed by atoms with Crippen LogP contribution in [0, 0.1) is 5.82 Å². The van der Waals surface area contributed by atoms with E-state index in [0.29, 0.717) is 6.42 Å². The first kappa shape index (κ1) is 18.1. The third-order valence-corrected chi connectivity index (χ3v) is 6.95. The van der Waals surface area contributed by atoms with Crippen LogP contribution in [0.4, 0.5) is 10.1 Å². The van der Waals surface area contributed by atoms with Crippen LogP contribution in [0.5, 0.6) is 0 Å². The fourth-order valence-electron chi connectivity index (χ4n) is 3.56. The standard InChI is InChI=1S/C17H24FN3O3S/c1-13(17(22)19-15-6-11-25(23,24)12-15)20-7-9-21(10-8-20)16-4-2-14(18)3-5-16/h2-5,13,15H,6-12H2,1H3,(H,19,22)/p+1/t13-,15+/m0/s1. The molecule has 1 aromatic rings. The normalized spacial score (nSPS) is 24.9. The summed E-state index contributed by atoms with van der Waals surface area (Å²) in [6.45, 7) is 5.12. The predicted octanol–water partition coefficient (Wildman–Crippen LogP) is -0.778. The number of piperazine rings is 1. The van der Waals surface area contributed by atoms with Gasteiger partial charge in [-0.25, -0.2) is 12.8 Å². The molecule has 0 bridgehead atoms. The number of rotatable bonds is 4. The molecular formula is C17H25FN3O3S+. The van der Waals surface area contributed by atoms with Crippen LogP contribution in [-0.4, -0.2) is 64.1 Å². The zero-order valence-corrected chi connectivity index (χ0v) is 15.2. The second-order valence-electron chi connectivity index (χ2n) is 6.95. The van der Waals surface area contributed by atoms with Gasteiger partial charge in [-0.05, 0) is 37.6 Å². The van der Waals surface area contributed by atoms with Gasteiger partial charge in [0.2, 0.25) is 0 Å². The largest absolute Gasteiger partial charge is 0.360 e. The molecule has 2 N–H and O–H groups in total. The highest BCUT2D eigenvalue weighted by atomic mass is 32.2. The van der Waals surface area contributed by atoms with Crippen molar-refractivity contribution >= 4 is 21.4 Å². The van der Waals surface area contributed by atoms with Gasteiger partial charge in [-0.15, -0.1) is 0 Å². The molecule has 0 unspecified atom stereocenters. The molecule has 0 radical (unpaired) electrons. The first-order valence-electron chi connectivity index (χ1n) is 8.70. The fourth-order valence-corrected chi connectivity index (χ4v) is 5.23. The molecule has 2 saturated heterocycles. The molecule has 0 spiro atoms. The Morgan fingerprint density at radius 2 is 1.92 bits per heavy atom. The molecule has 0 aliphatic carbocycles. The van der Waals surface area contributed by atoms with Crippen LogP contribution in [0.3, 0.4) is 0 Å². The summed E-state index contributed by atoms with van der Waals surface area (Å²) in [5, 5.41) is 2.89. The van der Waals surface area contributed by atoms with Crippen LogP contribution >= 0.6 is 0 Å². The van der Waals surface area contributed by atoms with E-state index in [2.05, 4.69) is 10.2 Å². The maximum Gasteiger partial charge on any atom is 0.278 e. The topological polar surface area (TPSA) is 70.9 Å². The number of nitrogens with one attached hydrogen (secondary N) is 2. The van der Waals surface area contributed by atoms with E-state index in [4.69, 9.17) is 0 Å². The summed E-state index contributed by atoms with van der Waals surface area (Å²) in [5.41, 5.74) is 0.994. The van der Waals surface area contributed by atoms with Crippen molar-refractivity contribution < 1.29 is 22.5 Å². The van der Waals surface area contributed by atoms with Gasteiger partial charge in [-0.1, -0.05) is 0 Å². The first-order chi connectivity index (χ1) is 11.8. The van der Waals surface area contributed by atoms with Crippen molar-refractivity contribution in [3.8, 4) is 0 Å². The van der Waals surface area contributed by atoms with Gasteiger partial charge in [0.1, 0.15) is 5.82 Å². The van der Waals surface area contributed by atoms with E-state index in [1.54, 1.807) is 12.1 Å².